The van der Waals surface area contributed by atoms with E-state index in [1.54, 1.807) is 13.3 Å². The van der Waals surface area contributed by atoms with Crippen LogP contribution in [0, 0.1) is 19.8 Å². The number of nitrogens with one attached hydrogen (secondary N) is 2. The van der Waals surface area contributed by atoms with Crippen molar-refractivity contribution in [1.29, 1.82) is 0 Å². The normalized spacial score (nSPS) is 16.8. The zero-order chi connectivity index (χ0) is 28.6. The molecule has 1 amide bonds. The van der Waals surface area contributed by atoms with Gasteiger partial charge in [0.15, 0.2) is 5.11 Å². The summed E-state index contributed by atoms with van der Waals surface area (Å²) in [6, 6.07) is 21.4. The van der Waals surface area contributed by atoms with Gasteiger partial charge in [0.2, 0.25) is 5.91 Å². The Hall–Kier alpha value is -3.88. The molecule has 0 bridgehead atoms. The van der Waals surface area contributed by atoms with Gasteiger partial charge in [-0.15, -0.1) is 0 Å². The molecule has 2 N–H and O–H groups in total. The van der Waals surface area contributed by atoms with Gasteiger partial charge in [-0.2, -0.15) is 0 Å². The first kappa shape index (κ1) is 27.7. The number of pyridine rings is 1. The molecule has 4 aromatic rings. The number of carbonyl (C=O) groups is 1. The highest BCUT2D eigenvalue weighted by Gasteiger charge is 2.42. The van der Waals surface area contributed by atoms with Crippen LogP contribution in [0.3, 0.4) is 0 Å². The van der Waals surface area contributed by atoms with Crippen molar-refractivity contribution < 1.29 is 9.53 Å². The molecule has 2 aromatic carbocycles. The number of hydrogen-bond donors (Lipinski definition) is 2. The summed E-state index contributed by atoms with van der Waals surface area (Å²) in [5, 5.41) is 7.43. The quantitative estimate of drug-likeness (QED) is 0.234. The maximum atomic E-state index is 12.3. The molecule has 40 heavy (non-hydrogen) atoms. The number of thiocarbonyl (C=S) groups is 1. The number of nitrogens with zero attached hydrogens (tertiary/aromatic N) is 3. The highest BCUT2D eigenvalue weighted by Crippen LogP contribution is 2.44. The number of benzene rings is 2. The first-order valence-corrected chi connectivity index (χ1v) is 13.9. The first-order valence-electron chi connectivity index (χ1n) is 13.1. The third kappa shape index (κ3) is 5.17. The van der Waals surface area contributed by atoms with Gasteiger partial charge in [-0.1, -0.05) is 31.5 Å². The molecule has 0 saturated carbocycles. The van der Waals surface area contributed by atoms with Crippen LogP contribution in [0.25, 0.3) is 5.69 Å². The highest BCUT2D eigenvalue weighted by molar-refractivity contribution is 7.80. The number of anilines is 2. The molecule has 5 rings (SSSR count). The topological polar surface area (TPSA) is 71.4 Å². The second kappa shape index (κ2) is 11.3. The molecule has 1 fully saturated rings. The van der Waals surface area contributed by atoms with Crippen molar-refractivity contribution in [3.63, 3.8) is 0 Å². The van der Waals surface area contributed by atoms with Gasteiger partial charge in [0, 0.05) is 34.9 Å². The monoisotopic (exact) mass is 573 g/mol. The van der Waals surface area contributed by atoms with E-state index in [1.165, 1.54) is 0 Å². The van der Waals surface area contributed by atoms with Crippen LogP contribution in [-0.2, 0) is 4.79 Å². The third-order valence-corrected chi connectivity index (χ3v) is 7.86. The molecule has 2 atom stereocenters. The van der Waals surface area contributed by atoms with Crippen LogP contribution in [0.5, 0.6) is 5.75 Å². The van der Waals surface area contributed by atoms with E-state index in [9.17, 15) is 4.79 Å². The van der Waals surface area contributed by atoms with Crippen LogP contribution in [0.4, 0.5) is 11.4 Å². The summed E-state index contributed by atoms with van der Waals surface area (Å²) in [6.07, 6.45) is 1.80. The van der Waals surface area contributed by atoms with Gasteiger partial charge >= 0.3 is 0 Å². The summed E-state index contributed by atoms with van der Waals surface area (Å²) in [4.78, 5) is 19.1. The molecule has 2 aromatic heterocycles. The minimum absolute atomic E-state index is 0.0907. The molecule has 1 aliphatic heterocycles. The maximum absolute atomic E-state index is 12.3. The summed E-state index contributed by atoms with van der Waals surface area (Å²) >= 11 is 12.6. The summed E-state index contributed by atoms with van der Waals surface area (Å²) in [7, 11) is 1.67. The molecule has 1 aliphatic rings. The van der Waals surface area contributed by atoms with Gasteiger partial charge in [0.05, 0.1) is 35.6 Å². The molecule has 3 heterocycles. The van der Waals surface area contributed by atoms with Gasteiger partial charge in [-0.25, -0.2) is 0 Å². The van der Waals surface area contributed by atoms with Gasteiger partial charge in [-0.3, -0.25) is 9.78 Å². The van der Waals surface area contributed by atoms with Crippen LogP contribution in [0.2, 0.25) is 5.02 Å². The molecule has 1 saturated heterocycles. The van der Waals surface area contributed by atoms with Crippen molar-refractivity contribution in [2.45, 2.75) is 39.8 Å². The molecule has 0 spiro atoms. The number of aryl methyl sites for hydroxylation is 1. The van der Waals surface area contributed by atoms with E-state index in [0.717, 1.165) is 39.8 Å². The fraction of sp³-hybridized carbons (Fsp3) is 0.258. The van der Waals surface area contributed by atoms with Crippen LogP contribution in [0.1, 0.15) is 48.6 Å². The molecular formula is C31H32ClN5O2S. The Morgan fingerprint density at radius 2 is 1.80 bits per heavy atom. The average molecular weight is 574 g/mol. The van der Waals surface area contributed by atoms with Crippen molar-refractivity contribution in [1.82, 2.24) is 14.9 Å². The van der Waals surface area contributed by atoms with E-state index in [1.807, 2.05) is 62.4 Å². The zero-order valence-electron chi connectivity index (χ0n) is 23.1. The zero-order valence-corrected chi connectivity index (χ0v) is 24.7. The lowest BCUT2D eigenvalue weighted by Crippen LogP contribution is -2.29. The Morgan fingerprint density at radius 3 is 2.42 bits per heavy atom. The Labute approximate surface area is 245 Å². The number of halogens is 1. The van der Waals surface area contributed by atoms with E-state index in [0.29, 0.717) is 15.8 Å². The lowest BCUT2D eigenvalue weighted by molar-refractivity contribution is -0.118. The van der Waals surface area contributed by atoms with E-state index in [2.05, 4.69) is 57.1 Å². The van der Waals surface area contributed by atoms with Crippen molar-refractivity contribution >= 4 is 46.2 Å². The number of aromatic nitrogens is 2. The summed E-state index contributed by atoms with van der Waals surface area (Å²) in [6.45, 7) is 7.91. The number of carbonyl (C=O) groups excluding carboxylic acids is 1. The van der Waals surface area contributed by atoms with Gasteiger partial charge in [0.25, 0.3) is 0 Å². The Morgan fingerprint density at radius 1 is 1.07 bits per heavy atom. The highest BCUT2D eigenvalue weighted by atomic mass is 35.5. The second-order valence-corrected chi connectivity index (χ2v) is 11.0. The molecule has 9 heteroatoms. The molecular weight excluding hydrogens is 542 g/mol. The predicted octanol–water partition coefficient (Wildman–Crippen LogP) is 6.92. The minimum atomic E-state index is -0.201. The number of rotatable bonds is 7. The molecule has 0 unspecified atom stereocenters. The van der Waals surface area contributed by atoms with Crippen LogP contribution >= 0.6 is 23.8 Å². The van der Waals surface area contributed by atoms with E-state index in [-0.39, 0.29) is 23.9 Å². The number of methoxy groups -OCH3 is 1. The fourth-order valence-electron chi connectivity index (χ4n) is 5.20. The van der Waals surface area contributed by atoms with Crippen molar-refractivity contribution in [2.24, 2.45) is 5.92 Å². The number of ether oxygens (including phenoxy) is 1. The maximum Gasteiger partial charge on any atom is 0.226 e. The number of hydrogen-bond acceptors (Lipinski definition) is 4. The van der Waals surface area contributed by atoms with E-state index in [4.69, 9.17) is 28.6 Å². The van der Waals surface area contributed by atoms with Crippen molar-refractivity contribution in [3.05, 3.63) is 101 Å². The molecule has 0 radical (unpaired) electrons. The molecule has 206 valence electrons. The van der Waals surface area contributed by atoms with Gasteiger partial charge < -0.3 is 24.8 Å². The number of amides is 1. The standard InChI is InChI=1S/C31H32ClN5O2S/c1-18(2)30(38)34-26-14-11-22(17-25(26)32)37-29(28(35-31(37)40)27-8-6-7-15-33-27)24-16-19(3)36(20(24)4)21-9-12-23(39-5)13-10-21/h6-18,28-29H,1-5H3,(H,34,38)(H,35,40)/t28-,29-/m1/s1. The van der Waals surface area contributed by atoms with Crippen molar-refractivity contribution in [2.75, 3.05) is 17.3 Å². The summed E-state index contributed by atoms with van der Waals surface area (Å²) in [5.41, 5.74) is 6.63. The summed E-state index contributed by atoms with van der Waals surface area (Å²) in [5.74, 6) is 0.561. The lowest BCUT2D eigenvalue weighted by Gasteiger charge is -2.28. The van der Waals surface area contributed by atoms with E-state index < -0.39 is 0 Å². The SMILES string of the molecule is COc1ccc(-n2c(C)cc([C@@H]3[C@@H](c4ccccn4)NC(=S)N3c3ccc(NC(=O)C(C)C)c(Cl)c3)c2C)cc1. The Kier molecular flexibility index (Phi) is 7.83. The van der Waals surface area contributed by atoms with Gasteiger partial charge in [0.1, 0.15) is 5.75 Å². The van der Waals surface area contributed by atoms with Crippen molar-refractivity contribution in [3.8, 4) is 11.4 Å². The van der Waals surface area contributed by atoms with Crippen LogP contribution in [-0.4, -0.2) is 27.7 Å². The second-order valence-electron chi connectivity index (χ2n) is 10.2. The van der Waals surface area contributed by atoms with Crippen LogP contribution < -0.4 is 20.3 Å². The average Bonchev–Trinajstić information content (AvgIpc) is 3.44. The Balaban J connectivity index is 1.60. The van der Waals surface area contributed by atoms with E-state index >= 15 is 0 Å². The molecule has 7 nitrogen and oxygen atoms in total. The first-order chi connectivity index (χ1) is 19.2. The lowest BCUT2D eigenvalue weighted by atomic mass is 9.96. The largest absolute Gasteiger partial charge is 0.497 e. The predicted molar refractivity (Wildman–Crippen MR) is 165 cm³/mol. The van der Waals surface area contributed by atoms with Crippen LogP contribution in [0.15, 0.2) is 72.9 Å². The minimum Gasteiger partial charge on any atom is -0.497 e. The third-order valence-electron chi connectivity index (χ3n) is 7.23. The summed E-state index contributed by atoms with van der Waals surface area (Å²) < 4.78 is 7.60. The molecule has 0 aliphatic carbocycles. The Bertz CT molecular complexity index is 1550. The smallest absolute Gasteiger partial charge is 0.226 e. The fourth-order valence-corrected chi connectivity index (χ4v) is 5.76. The van der Waals surface area contributed by atoms with Gasteiger partial charge in [-0.05, 0) is 92.3 Å².